The molecular formula is C8H15F3NO5P. The lowest BCUT2D eigenvalue weighted by atomic mass is 10.6. The lowest BCUT2D eigenvalue weighted by molar-refractivity contribution is -0.140. The molecule has 6 nitrogen and oxygen atoms in total. The third-order valence-corrected chi connectivity index (χ3v) is 3.97. The number of rotatable bonds is 6. The maximum absolute atomic E-state index is 12.8. The molecule has 0 unspecified atom stereocenters. The van der Waals surface area contributed by atoms with Crippen LogP contribution >= 0.6 is 7.60 Å². The normalized spacial score (nSPS) is 14.1. The summed E-state index contributed by atoms with van der Waals surface area (Å²) < 4.78 is 63.4. The largest absolute Gasteiger partial charge is 0.453 e. The Morgan fingerprint density at radius 2 is 1.72 bits per heavy atom. The van der Waals surface area contributed by atoms with Crippen molar-refractivity contribution in [2.24, 2.45) is 0 Å². The van der Waals surface area contributed by atoms with Crippen molar-refractivity contribution in [3.8, 4) is 0 Å². The van der Waals surface area contributed by atoms with E-state index in [1.165, 1.54) is 19.2 Å². The molecule has 18 heavy (non-hydrogen) atoms. The summed E-state index contributed by atoms with van der Waals surface area (Å²) in [6, 6.07) is 0. The molecule has 0 aromatic carbocycles. The number of hydrogen-bond acceptors (Lipinski definition) is 5. The van der Waals surface area contributed by atoms with Gasteiger partial charge in [-0.25, -0.2) is 4.79 Å². The zero-order valence-corrected chi connectivity index (χ0v) is 11.0. The minimum Gasteiger partial charge on any atom is -0.453 e. The Hall–Kier alpha value is -0.790. The Bertz CT molecular complexity index is 312. The summed E-state index contributed by atoms with van der Waals surface area (Å²) in [5, 5.41) is 1.42. The lowest BCUT2D eigenvalue weighted by Gasteiger charge is -2.27. The van der Waals surface area contributed by atoms with Crippen molar-refractivity contribution in [3.63, 3.8) is 0 Å². The van der Waals surface area contributed by atoms with Gasteiger partial charge in [0, 0.05) is 0 Å². The minimum atomic E-state index is -4.99. The number of carbonyl (C=O) groups excluding carboxylic acids is 1. The van der Waals surface area contributed by atoms with Crippen molar-refractivity contribution in [1.82, 2.24) is 5.32 Å². The van der Waals surface area contributed by atoms with E-state index in [1.54, 1.807) is 0 Å². The van der Waals surface area contributed by atoms with Crippen molar-refractivity contribution in [2.45, 2.75) is 25.8 Å². The first-order chi connectivity index (χ1) is 8.21. The Kier molecular flexibility index (Phi) is 6.66. The molecular weight excluding hydrogens is 278 g/mol. The van der Waals surface area contributed by atoms with Crippen LogP contribution in [0.25, 0.3) is 0 Å². The summed E-state index contributed by atoms with van der Waals surface area (Å²) >= 11 is 0. The average molecular weight is 293 g/mol. The van der Waals surface area contributed by atoms with Gasteiger partial charge in [0.25, 0.3) is 0 Å². The van der Waals surface area contributed by atoms with Gasteiger partial charge >= 0.3 is 19.9 Å². The molecule has 0 spiro atoms. The van der Waals surface area contributed by atoms with Crippen molar-refractivity contribution in [2.75, 3.05) is 20.3 Å². The van der Waals surface area contributed by atoms with E-state index in [0.717, 1.165) is 7.11 Å². The fraction of sp³-hybridized carbons (Fsp3) is 0.875. The maximum atomic E-state index is 12.8. The van der Waals surface area contributed by atoms with Crippen LogP contribution in [0.3, 0.4) is 0 Å². The first-order valence-corrected chi connectivity index (χ1v) is 6.62. The van der Waals surface area contributed by atoms with E-state index in [1.807, 2.05) is 0 Å². The number of amides is 1. The number of hydrogen-bond donors (Lipinski definition) is 1. The van der Waals surface area contributed by atoms with Crippen molar-refractivity contribution >= 4 is 13.7 Å². The molecule has 0 aliphatic heterocycles. The molecule has 0 saturated carbocycles. The van der Waals surface area contributed by atoms with Gasteiger partial charge in [0.1, 0.15) is 0 Å². The summed E-state index contributed by atoms with van der Waals surface area (Å²) in [5.41, 5.74) is 0. The molecule has 1 atom stereocenters. The van der Waals surface area contributed by atoms with Gasteiger partial charge in [0.2, 0.25) is 5.78 Å². The van der Waals surface area contributed by atoms with Crippen molar-refractivity contribution in [3.05, 3.63) is 0 Å². The Morgan fingerprint density at radius 1 is 1.28 bits per heavy atom. The first kappa shape index (κ1) is 17.2. The number of alkyl halides is 3. The second-order valence-electron chi connectivity index (χ2n) is 2.96. The smallest absolute Gasteiger partial charge is 0.420 e. The average Bonchev–Trinajstić information content (AvgIpc) is 2.24. The molecule has 0 radical (unpaired) electrons. The second kappa shape index (κ2) is 6.96. The van der Waals surface area contributed by atoms with Gasteiger partial charge in [-0.2, -0.15) is 13.2 Å². The first-order valence-electron chi connectivity index (χ1n) is 5.01. The standard InChI is InChI=1S/C8H15F3NO5P/c1-4-16-18(14,17-5-2)6(8(9,10)11)12-7(13)15-3/h6H,4-5H2,1-3H3,(H,12,13)/t6-/m1/s1. The Balaban J connectivity index is 5.24. The summed E-state index contributed by atoms with van der Waals surface area (Å²) in [7, 11) is -3.67. The van der Waals surface area contributed by atoms with Crippen molar-refractivity contribution in [1.29, 1.82) is 0 Å². The molecule has 0 rings (SSSR count). The number of ether oxygens (including phenoxy) is 1. The highest BCUT2D eigenvalue weighted by Gasteiger charge is 2.55. The highest BCUT2D eigenvalue weighted by molar-refractivity contribution is 7.54. The van der Waals surface area contributed by atoms with Crippen LogP contribution < -0.4 is 5.32 Å². The maximum Gasteiger partial charge on any atom is 0.420 e. The number of halogens is 3. The molecule has 108 valence electrons. The van der Waals surface area contributed by atoms with Crippen LogP contribution in [-0.2, 0) is 18.3 Å². The van der Waals surface area contributed by atoms with Crippen molar-refractivity contribution < 1.29 is 36.3 Å². The predicted octanol–water partition coefficient (Wildman–Crippen LogP) is 2.50. The fourth-order valence-electron chi connectivity index (χ4n) is 1.06. The zero-order valence-electron chi connectivity index (χ0n) is 10.1. The zero-order chi connectivity index (χ0) is 14.4. The molecule has 0 heterocycles. The van der Waals surface area contributed by atoms with E-state index in [2.05, 4.69) is 13.8 Å². The van der Waals surface area contributed by atoms with E-state index in [-0.39, 0.29) is 13.2 Å². The van der Waals surface area contributed by atoms with Crippen LogP contribution in [0.1, 0.15) is 13.8 Å². The highest BCUT2D eigenvalue weighted by Crippen LogP contribution is 2.56. The van der Waals surface area contributed by atoms with Crippen LogP contribution in [0.5, 0.6) is 0 Å². The number of carbonyl (C=O) groups is 1. The molecule has 0 aromatic heterocycles. The molecule has 1 N–H and O–H groups in total. The van der Waals surface area contributed by atoms with E-state index >= 15 is 0 Å². The molecule has 10 heteroatoms. The van der Waals surface area contributed by atoms with Crippen LogP contribution in [-0.4, -0.2) is 38.4 Å². The van der Waals surface area contributed by atoms with E-state index in [0.29, 0.717) is 0 Å². The summed E-state index contributed by atoms with van der Waals surface area (Å²) in [4.78, 5) is 10.9. The van der Waals surface area contributed by atoms with Crippen LogP contribution in [0, 0.1) is 0 Å². The topological polar surface area (TPSA) is 73.9 Å². The van der Waals surface area contributed by atoms with Crippen LogP contribution in [0.2, 0.25) is 0 Å². The quantitative estimate of drug-likeness (QED) is 0.762. The van der Waals surface area contributed by atoms with Gasteiger partial charge in [0.05, 0.1) is 20.3 Å². The van der Waals surface area contributed by atoms with E-state index < -0.39 is 25.6 Å². The SMILES string of the molecule is CCOP(=O)(OCC)[C@@H](NC(=O)OC)C(F)(F)F. The molecule has 0 aromatic rings. The molecule has 0 aliphatic carbocycles. The molecule has 0 saturated heterocycles. The fourth-order valence-corrected chi connectivity index (χ4v) is 2.77. The summed E-state index contributed by atoms with van der Waals surface area (Å²) in [5.74, 6) is -2.77. The van der Waals surface area contributed by atoms with Crippen LogP contribution in [0.4, 0.5) is 18.0 Å². The second-order valence-corrected chi connectivity index (χ2v) is 5.07. The number of methoxy groups -OCH3 is 1. The predicted molar refractivity (Wildman–Crippen MR) is 56.2 cm³/mol. The van der Waals surface area contributed by atoms with E-state index in [4.69, 9.17) is 0 Å². The third-order valence-electron chi connectivity index (χ3n) is 1.68. The monoisotopic (exact) mass is 293 g/mol. The van der Waals surface area contributed by atoms with Gasteiger partial charge in [-0.05, 0) is 13.8 Å². The van der Waals surface area contributed by atoms with Gasteiger partial charge in [-0.3, -0.25) is 9.88 Å². The molecule has 0 bridgehead atoms. The van der Waals surface area contributed by atoms with Crippen LogP contribution in [0.15, 0.2) is 0 Å². The summed E-state index contributed by atoms with van der Waals surface area (Å²) in [6.45, 7) is 2.20. The molecule has 0 fully saturated rings. The van der Waals surface area contributed by atoms with Gasteiger partial charge in [0.15, 0.2) is 0 Å². The molecule has 0 aliphatic rings. The Morgan fingerprint density at radius 3 is 2.00 bits per heavy atom. The van der Waals surface area contributed by atoms with Gasteiger partial charge in [-0.1, -0.05) is 0 Å². The highest BCUT2D eigenvalue weighted by atomic mass is 31.2. The van der Waals surface area contributed by atoms with Gasteiger partial charge in [-0.15, -0.1) is 0 Å². The third kappa shape index (κ3) is 4.83. The van der Waals surface area contributed by atoms with Gasteiger partial charge < -0.3 is 13.8 Å². The molecule has 1 amide bonds. The Labute approximate surface area is 102 Å². The summed E-state index contributed by atoms with van der Waals surface area (Å²) in [6.07, 6.45) is -6.37. The number of alkyl carbamates (subject to hydrolysis) is 1. The van der Waals surface area contributed by atoms with E-state index in [9.17, 15) is 22.5 Å². The minimum absolute atomic E-state index is 0.257. The number of nitrogens with one attached hydrogen (secondary N) is 1. The lowest BCUT2D eigenvalue weighted by Crippen LogP contribution is -2.45.